The molecule has 0 spiro atoms. The number of carbonyl (C=O) groups is 2. The van der Waals surface area contributed by atoms with Crippen LogP contribution >= 0.6 is 0 Å². The van der Waals surface area contributed by atoms with Crippen LogP contribution in [0.5, 0.6) is 0 Å². The van der Waals surface area contributed by atoms with E-state index in [-0.39, 0.29) is 24.8 Å². The van der Waals surface area contributed by atoms with Gasteiger partial charge in [-0.05, 0) is 93.4 Å². The summed E-state index contributed by atoms with van der Waals surface area (Å²) >= 11 is 0. The number of allylic oxidation sites excluding steroid dienone is 4. The number of rotatable bonds is 5. The van der Waals surface area contributed by atoms with Crippen LogP contribution in [0.3, 0.4) is 0 Å². The van der Waals surface area contributed by atoms with Gasteiger partial charge < -0.3 is 25.4 Å². The molecule has 7 rings (SSSR count). The van der Waals surface area contributed by atoms with E-state index < -0.39 is 76.8 Å². The summed E-state index contributed by atoms with van der Waals surface area (Å²) in [5, 5.41) is 21.8. The van der Waals surface area contributed by atoms with Crippen molar-refractivity contribution in [2.75, 3.05) is 6.61 Å². The number of ether oxygens (including phenoxy) is 2. The molecule has 6 aliphatic rings. The van der Waals surface area contributed by atoms with Crippen LogP contribution in [0, 0.1) is 28.6 Å². The first kappa shape index (κ1) is 30.4. The van der Waals surface area contributed by atoms with Gasteiger partial charge in [-0.3, -0.25) is 9.59 Å². The van der Waals surface area contributed by atoms with Crippen LogP contribution in [0.15, 0.2) is 48.1 Å². The molecule has 10 atom stereocenters. The van der Waals surface area contributed by atoms with Gasteiger partial charge in [0.25, 0.3) is 0 Å². The van der Waals surface area contributed by atoms with Crippen LogP contribution in [0.1, 0.15) is 76.2 Å². The zero-order valence-electron chi connectivity index (χ0n) is 25.4. The first-order chi connectivity index (χ1) is 20.9. The molecule has 5 fully saturated rings. The number of alkyl halides is 2. The van der Waals surface area contributed by atoms with Crippen LogP contribution < -0.4 is 5.73 Å². The summed E-state index contributed by atoms with van der Waals surface area (Å²) in [5.74, 6) is -1.93. The maximum atomic E-state index is 17.5. The SMILES string of the molecule is C[C@]12C=CC(=O)C=C1[C@@H](F)C[C@H]1[C@@H]3C[C@H]4O[C@@H](c5ccc(C[C@H]6CC[C@H](N)CC6)cc5)O[C@@]4(C(=O)CO)[C@@]3(C)C[C@H](O)[C@@]12F. The lowest BCUT2D eigenvalue weighted by Gasteiger charge is -2.63. The topological polar surface area (TPSA) is 119 Å². The van der Waals surface area contributed by atoms with Crippen molar-refractivity contribution in [3.05, 3.63) is 59.2 Å². The molecule has 5 aliphatic carbocycles. The number of halogens is 2. The molecule has 7 nitrogen and oxygen atoms in total. The van der Waals surface area contributed by atoms with Gasteiger partial charge in [0.15, 0.2) is 29.1 Å². The van der Waals surface area contributed by atoms with Crippen LogP contribution in [0.4, 0.5) is 8.78 Å². The van der Waals surface area contributed by atoms with E-state index in [1.165, 1.54) is 17.7 Å². The number of nitrogens with two attached hydrogens (primary N) is 1. The first-order valence-corrected chi connectivity index (χ1v) is 16.2. The summed E-state index contributed by atoms with van der Waals surface area (Å²) in [6.07, 6.45) is 4.09. The predicted molar refractivity (Wildman–Crippen MR) is 158 cm³/mol. The Morgan fingerprint density at radius 1 is 1.09 bits per heavy atom. The van der Waals surface area contributed by atoms with E-state index in [9.17, 15) is 19.8 Å². The highest BCUT2D eigenvalue weighted by Crippen LogP contribution is 2.72. The molecule has 1 heterocycles. The van der Waals surface area contributed by atoms with Crippen molar-refractivity contribution in [1.82, 2.24) is 0 Å². The van der Waals surface area contributed by atoms with Gasteiger partial charge in [0.05, 0.1) is 12.2 Å². The highest BCUT2D eigenvalue weighted by molar-refractivity contribution is 6.01. The highest BCUT2D eigenvalue weighted by Gasteiger charge is 2.80. The molecule has 0 bridgehead atoms. The van der Waals surface area contributed by atoms with E-state index in [1.54, 1.807) is 13.8 Å². The van der Waals surface area contributed by atoms with Crippen molar-refractivity contribution < 1.29 is 38.1 Å². The molecular formula is C35H43F2NO6. The molecule has 4 saturated carbocycles. The number of aliphatic hydroxyl groups excluding tert-OH is 2. The van der Waals surface area contributed by atoms with E-state index in [0.717, 1.165) is 43.7 Å². The minimum Gasteiger partial charge on any atom is -0.390 e. The summed E-state index contributed by atoms with van der Waals surface area (Å²) in [4.78, 5) is 25.8. The highest BCUT2D eigenvalue weighted by atomic mass is 19.1. The van der Waals surface area contributed by atoms with Gasteiger partial charge in [0.2, 0.25) is 0 Å². The summed E-state index contributed by atoms with van der Waals surface area (Å²) < 4.78 is 46.4. The van der Waals surface area contributed by atoms with Crippen molar-refractivity contribution in [3.8, 4) is 0 Å². The zero-order valence-corrected chi connectivity index (χ0v) is 25.4. The van der Waals surface area contributed by atoms with Crippen molar-refractivity contribution in [3.63, 3.8) is 0 Å². The molecule has 1 saturated heterocycles. The second-order valence-electron chi connectivity index (χ2n) is 14.7. The van der Waals surface area contributed by atoms with Crippen LogP contribution in [-0.2, 0) is 25.5 Å². The van der Waals surface area contributed by atoms with Gasteiger partial charge >= 0.3 is 0 Å². The van der Waals surface area contributed by atoms with Crippen molar-refractivity contribution in [2.24, 2.45) is 34.3 Å². The average Bonchev–Trinajstić information content (AvgIpc) is 3.50. The maximum absolute atomic E-state index is 17.5. The number of hydrogen-bond donors (Lipinski definition) is 3. The number of aliphatic hydroxyl groups is 2. The Bertz CT molecular complexity index is 1410. The smallest absolute Gasteiger partial charge is 0.193 e. The number of carbonyl (C=O) groups excluding carboxylic acids is 2. The summed E-state index contributed by atoms with van der Waals surface area (Å²) in [7, 11) is 0. The third kappa shape index (κ3) is 4.01. The Hall–Kier alpha value is -2.30. The molecule has 9 heteroatoms. The molecule has 0 unspecified atom stereocenters. The van der Waals surface area contributed by atoms with E-state index in [2.05, 4.69) is 12.1 Å². The molecule has 1 aromatic rings. The van der Waals surface area contributed by atoms with Crippen molar-refractivity contribution >= 4 is 11.6 Å². The minimum absolute atomic E-state index is 0.0498. The fourth-order valence-electron chi connectivity index (χ4n) is 10.3. The molecule has 0 amide bonds. The van der Waals surface area contributed by atoms with E-state index in [4.69, 9.17) is 15.2 Å². The summed E-state index contributed by atoms with van der Waals surface area (Å²) in [6, 6.07) is 8.28. The van der Waals surface area contributed by atoms with Gasteiger partial charge in [-0.1, -0.05) is 37.3 Å². The molecule has 1 aliphatic heterocycles. The molecule has 1 aromatic carbocycles. The van der Waals surface area contributed by atoms with Crippen molar-refractivity contribution in [2.45, 2.75) is 107 Å². The number of fused-ring (bicyclic) bond motifs is 7. The average molecular weight is 612 g/mol. The lowest BCUT2D eigenvalue weighted by atomic mass is 9.44. The van der Waals surface area contributed by atoms with Crippen LogP contribution in [-0.4, -0.2) is 64.1 Å². The van der Waals surface area contributed by atoms with Gasteiger partial charge in [0.1, 0.15) is 12.8 Å². The number of ketones is 2. The second kappa shape index (κ2) is 10.4. The standard InChI is InChI=1S/C35H43F2NO6/c1-32-12-11-23(40)14-26(32)27(36)15-25-24-16-30-35(29(42)18-39,33(24,2)17-28(41)34(25,32)37)44-31(43-30)21-7-3-19(4-8-21)13-20-5-9-22(38)10-6-20/h3-4,7-8,11-12,14,20,22,24-25,27-28,30-31,39,41H,5-6,9-10,13,15-18,38H2,1-2H3/t20-,22-,24-,25-,27-,28-,30+,31+,32-,33-,34-,35+/m0/s1. The fourth-order valence-corrected chi connectivity index (χ4v) is 10.3. The molecule has 4 N–H and O–H groups in total. The zero-order chi connectivity index (χ0) is 31.2. The quantitative estimate of drug-likeness (QED) is 0.452. The minimum atomic E-state index is -2.27. The van der Waals surface area contributed by atoms with Gasteiger partial charge in [-0.2, -0.15) is 0 Å². The monoisotopic (exact) mass is 611 g/mol. The Labute approximate surface area is 256 Å². The third-order valence-corrected chi connectivity index (χ3v) is 12.6. The molecular weight excluding hydrogens is 568 g/mol. The van der Waals surface area contributed by atoms with E-state index in [0.29, 0.717) is 12.0 Å². The Kier molecular flexibility index (Phi) is 7.15. The Balaban J connectivity index is 1.18. The van der Waals surface area contributed by atoms with Crippen LogP contribution in [0.25, 0.3) is 0 Å². The largest absolute Gasteiger partial charge is 0.390 e. The normalized spacial score (nSPS) is 47.8. The molecule has 44 heavy (non-hydrogen) atoms. The third-order valence-electron chi connectivity index (χ3n) is 12.6. The number of benzene rings is 1. The molecule has 238 valence electrons. The maximum Gasteiger partial charge on any atom is 0.193 e. The predicted octanol–water partition coefficient (Wildman–Crippen LogP) is 4.39. The molecule has 0 aromatic heterocycles. The second-order valence-corrected chi connectivity index (χ2v) is 14.7. The summed E-state index contributed by atoms with van der Waals surface area (Å²) in [6.45, 7) is 2.54. The first-order valence-electron chi connectivity index (χ1n) is 16.2. The van der Waals surface area contributed by atoms with Crippen LogP contribution in [0.2, 0.25) is 0 Å². The summed E-state index contributed by atoms with van der Waals surface area (Å²) in [5.41, 5.74) is 1.48. The van der Waals surface area contributed by atoms with E-state index in [1.807, 2.05) is 12.1 Å². The number of hydrogen-bond acceptors (Lipinski definition) is 7. The van der Waals surface area contributed by atoms with Gasteiger partial charge in [0, 0.05) is 28.4 Å². The molecule has 0 radical (unpaired) electrons. The lowest BCUT2D eigenvalue weighted by Crippen LogP contribution is -2.70. The number of Topliss-reactive ketones (excluding diaryl/α,β-unsaturated/α-hetero) is 1. The Morgan fingerprint density at radius 2 is 1.80 bits per heavy atom. The Morgan fingerprint density at radius 3 is 2.48 bits per heavy atom. The fraction of sp³-hybridized carbons (Fsp3) is 0.657. The van der Waals surface area contributed by atoms with Crippen molar-refractivity contribution in [1.29, 1.82) is 0 Å². The van der Waals surface area contributed by atoms with Gasteiger partial charge in [-0.15, -0.1) is 0 Å². The van der Waals surface area contributed by atoms with E-state index >= 15 is 8.78 Å². The van der Waals surface area contributed by atoms with Gasteiger partial charge in [-0.25, -0.2) is 8.78 Å². The lowest BCUT2D eigenvalue weighted by molar-refractivity contribution is -0.235.